The number of ether oxygens (including phenoxy) is 2. The predicted octanol–water partition coefficient (Wildman–Crippen LogP) is 0.964. The Bertz CT molecular complexity index is 838. The normalized spacial score (nSPS) is 20.8. The van der Waals surface area contributed by atoms with Crippen LogP contribution in [0.15, 0.2) is 48.5 Å². The molecule has 1 aliphatic rings. The van der Waals surface area contributed by atoms with E-state index in [1.54, 1.807) is 31.4 Å². The number of aliphatic hydroxyl groups excluding tert-OH is 1. The molecule has 2 amide bonds. The van der Waals surface area contributed by atoms with Crippen LogP contribution in [-0.2, 0) is 17.7 Å². The SMILES string of the molecule is COc1ccc(C[C@H]2NC[C@H](O)[C@H]2OC(=O)NCc2ccc(C(N)=O)cc2)cc1. The summed E-state index contributed by atoms with van der Waals surface area (Å²) in [6, 6.07) is 14.0. The van der Waals surface area contributed by atoms with Crippen LogP contribution in [0.25, 0.3) is 0 Å². The number of primary amides is 1. The molecular formula is C21H25N3O5. The Labute approximate surface area is 169 Å². The zero-order valence-electron chi connectivity index (χ0n) is 16.1. The van der Waals surface area contributed by atoms with Gasteiger partial charge in [-0.1, -0.05) is 24.3 Å². The van der Waals surface area contributed by atoms with Crippen LogP contribution < -0.4 is 21.1 Å². The predicted molar refractivity (Wildman–Crippen MR) is 107 cm³/mol. The number of methoxy groups -OCH3 is 1. The lowest BCUT2D eigenvalue weighted by molar-refractivity contribution is 0.0188. The summed E-state index contributed by atoms with van der Waals surface area (Å²) in [6.45, 7) is 0.588. The average molecular weight is 399 g/mol. The molecule has 1 fully saturated rings. The van der Waals surface area contributed by atoms with Crippen molar-refractivity contribution in [1.29, 1.82) is 0 Å². The van der Waals surface area contributed by atoms with Gasteiger partial charge in [0, 0.05) is 18.7 Å². The molecule has 2 aromatic rings. The Morgan fingerprint density at radius 1 is 1.14 bits per heavy atom. The van der Waals surface area contributed by atoms with Crippen LogP contribution in [0.4, 0.5) is 4.79 Å². The van der Waals surface area contributed by atoms with Gasteiger partial charge in [0.25, 0.3) is 0 Å². The molecule has 3 atom stereocenters. The fourth-order valence-corrected chi connectivity index (χ4v) is 3.26. The first kappa shape index (κ1) is 20.6. The smallest absolute Gasteiger partial charge is 0.407 e. The molecule has 1 aliphatic heterocycles. The molecule has 0 spiro atoms. The lowest BCUT2D eigenvalue weighted by atomic mass is 10.0. The van der Waals surface area contributed by atoms with Gasteiger partial charge in [0.15, 0.2) is 0 Å². The highest BCUT2D eigenvalue weighted by Crippen LogP contribution is 2.19. The van der Waals surface area contributed by atoms with E-state index in [0.29, 0.717) is 18.5 Å². The van der Waals surface area contributed by atoms with E-state index in [-0.39, 0.29) is 12.6 Å². The van der Waals surface area contributed by atoms with Crippen LogP contribution in [-0.4, -0.2) is 49.0 Å². The summed E-state index contributed by atoms with van der Waals surface area (Å²) in [5.41, 5.74) is 7.45. The Morgan fingerprint density at radius 3 is 2.41 bits per heavy atom. The second-order valence-corrected chi connectivity index (χ2v) is 6.92. The van der Waals surface area contributed by atoms with Crippen molar-refractivity contribution in [3.05, 3.63) is 65.2 Å². The number of rotatable bonds is 7. The minimum absolute atomic E-state index is 0.195. The lowest BCUT2D eigenvalue weighted by Gasteiger charge is -2.22. The topological polar surface area (TPSA) is 123 Å². The number of hydrogen-bond donors (Lipinski definition) is 4. The van der Waals surface area contributed by atoms with E-state index in [1.807, 2.05) is 24.3 Å². The third-order valence-corrected chi connectivity index (χ3v) is 4.90. The summed E-state index contributed by atoms with van der Waals surface area (Å²) >= 11 is 0. The highest BCUT2D eigenvalue weighted by molar-refractivity contribution is 5.92. The van der Waals surface area contributed by atoms with Gasteiger partial charge in [-0.15, -0.1) is 0 Å². The number of alkyl carbamates (subject to hydrolysis) is 1. The molecule has 8 nitrogen and oxygen atoms in total. The summed E-state index contributed by atoms with van der Waals surface area (Å²) < 4.78 is 10.6. The number of β-amino-alcohol motifs (C(OH)–C–C–N with tert-alkyl or cyclic N) is 1. The summed E-state index contributed by atoms with van der Waals surface area (Å²) in [5.74, 6) is 0.263. The number of nitrogens with one attached hydrogen (secondary N) is 2. The van der Waals surface area contributed by atoms with E-state index in [9.17, 15) is 14.7 Å². The summed E-state index contributed by atoms with van der Waals surface area (Å²) in [6.07, 6.45) is -1.45. The molecule has 1 heterocycles. The number of hydrogen-bond acceptors (Lipinski definition) is 6. The minimum atomic E-state index is -0.779. The number of aliphatic hydroxyl groups is 1. The number of benzene rings is 2. The van der Waals surface area contributed by atoms with E-state index >= 15 is 0 Å². The van der Waals surface area contributed by atoms with Crippen molar-refractivity contribution in [3.8, 4) is 5.75 Å². The molecule has 5 N–H and O–H groups in total. The van der Waals surface area contributed by atoms with Crippen molar-refractivity contribution in [1.82, 2.24) is 10.6 Å². The first-order valence-electron chi connectivity index (χ1n) is 9.34. The minimum Gasteiger partial charge on any atom is -0.497 e. The lowest BCUT2D eigenvalue weighted by Crippen LogP contribution is -2.41. The highest BCUT2D eigenvalue weighted by atomic mass is 16.6. The van der Waals surface area contributed by atoms with Crippen LogP contribution >= 0.6 is 0 Å². The van der Waals surface area contributed by atoms with Crippen molar-refractivity contribution in [2.24, 2.45) is 5.73 Å². The standard InChI is InChI=1S/C21H25N3O5/c1-28-16-8-4-13(5-9-16)10-17-19(18(25)12-23-17)29-21(27)24-11-14-2-6-15(7-3-14)20(22)26/h2-9,17-19,23,25H,10-12H2,1H3,(H2,22,26)(H,24,27)/t17-,18+,19+/m1/s1. The van der Waals surface area contributed by atoms with Gasteiger partial charge in [-0.2, -0.15) is 0 Å². The monoisotopic (exact) mass is 399 g/mol. The molecule has 8 heteroatoms. The molecule has 0 saturated carbocycles. The fourth-order valence-electron chi connectivity index (χ4n) is 3.26. The Balaban J connectivity index is 1.53. The Kier molecular flexibility index (Phi) is 6.69. The zero-order valence-corrected chi connectivity index (χ0v) is 16.1. The van der Waals surface area contributed by atoms with Gasteiger partial charge < -0.3 is 30.9 Å². The molecule has 0 unspecified atom stereocenters. The second kappa shape index (κ2) is 9.40. The molecule has 0 aliphatic carbocycles. The van der Waals surface area contributed by atoms with E-state index in [1.165, 1.54) is 0 Å². The third-order valence-electron chi connectivity index (χ3n) is 4.90. The van der Waals surface area contributed by atoms with Gasteiger partial charge in [-0.05, 0) is 41.8 Å². The van der Waals surface area contributed by atoms with Crippen molar-refractivity contribution in [3.63, 3.8) is 0 Å². The van der Waals surface area contributed by atoms with Crippen LogP contribution in [0.2, 0.25) is 0 Å². The van der Waals surface area contributed by atoms with Gasteiger partial charge in [-0.25, -0.2) is 4.79 Å². The number of amides is 2. The third kappa shape index (κ3) is 5.46. The molecule has 154 valence electrons. The summed E-state index contributed by atoms with van der Waals surface area (Å²) in [4.78, 5) is 23.3. The Morgan fingerprint density at radius 2 is 1.79 bits per heavy atom. The van der Waals surface area contributed by atoms with E-state index in [0.717, 1.165) is 16.9 Å². The van der Waals surface area contributed by atoms with Gasteiger partial charge in [0.05, 0.1) is 13.2 Å². The van der Waals surface area contributed by atoms with E-state index in [4.69, 9.17) is 15.2 Å². The average Bonchev–Trinajstić information content (AvgIpc) is 3.06. The number of carbonyl (C=O) groups excluding carboxylic acids is 2. The zero-order chi connectivity index (χ0) is 20.8. The maximum Gasteiger partial charge on any atom is 0.407 e. The maximum absolute atomic E-state index is 12.2. The van der Waals surface area contributed by atoms with Crippen LogP contribution in [0, 0.1) is 0 Å². The largest absolute Gasteiger partial charge is 0.497 e. The maximum atomic E-state index is 12.2. The van der Waals surface area contributed by atoms with Crippen molar-refractivity contribution >= 4 is 12.0 Å². The van der Waals surface area contributed by atoms with Crippen LogP contribution in [0.3, 0.4) is 0 Å². The number of nitrogens with two attached hydrogens (primary N) is 1. The first-order chi connectivity index (χ1) is 14.0. The molecule has 0 bridgehead atoms. The second-order valence-electron chi connectivity index (χ2n) is 6.92. The quantitative estimate of drug-likeness (QED) is 0.550. The highest BCUT2D eigenvalue weighted by Gasteiger charge is 2.37. The molecule has 3 rings (SSSR count). The molecule has 1 saturated heterocycles. The van der Waals surface area contributed by atoms with Crippen LogP contribution in [0.1, 0.15) is 21.5 Å². The van der Waals surface area contributed by atoms with E-state index in [2.05, 4.69) is 10.6 Å². The van der Waals surface area contributed by atoms with Gasteiger partial charge in [0.1, 0.15) is 18.0 Å². The number of carbonyl (C=O) groups is 2. The summed E-state index contributed by atoms with van der Waals surface area (Å²) in [7, 11) is 1.61. The summed E-state index contributed by atoms with van der Waals surface area (Å²) in [5, 5.41) is 16.1. The van der Waals surface area contributed by atoms with Gasteiger partial charge in [0.2, 0.25) is 5.91 Å². The molecule has 2 aromatic carbocycles. The fraction of sp³-hybridized carbons (Fsp3) is 0.333. The van der Waals surface area contributed by atoms with Crippen molar-refractivity contribution in [2.45, 2.75) is 31.2 Å². The van der Waals surface area contributed by atoms with Crippen molar-refractivity contribution < 1.29 is 24.2 Å². The molecular weight excluding hydrogens is 374 g/mol. The van der Waals surface area contributed by atoms with Gasteiger partial charge in [-0.3, -0.25) is 4.79 Å². The Hall–Kier alpha value is -3.10. The first-order valence-corrected chi connectivity index (χ1v) is 9.34. The van der Waals surface area contributed by atoms with Crippen molar-refractivity contribution in [2.75, 3.05) is 13.7 Å². The van der Waals surface area contributed by atoms with E-state index < -0.39 is 24.2 Å². The van der Waals surface area contributed by atoms with Crippen LogP contribution in [0.5, 0.6) is 5.75 Å². The van der Waals surface area contributed by atoms with Gasteiger partial charge >= 0.3 is 6.09 Å². The molecule has 0 radical (unpaired) electrons. The molecule has 0 aromatic heterocycles. The molecule has 29 heavy (non-hydrogen) atoms.